The lowest BCUT2D eigenvalue weighted by atomic mass is 10.0. The van der Waals surface area contributed by atoms with Crippen molar-refractivity contribution in [3.8, 4) is 0 Å². The van der Waals surface area contributed by atoms with Gasteiger partial charge in [-0.15, -0.1) is 0 Å². The zero-order valence-corrected chi connectivity index (χ0v) is 11.4. The van der Waals surface area contributed by atoms with Crippen LogP contribution in [0.5, 0.6) is 0 Å². The number of rotatable bonds is 4. The first-order valence-electron chi connectivity index (χ1n) is 6.77. The maximum absolute atomic E-state index is 6.33. The number of hydrogen-bond acceptors (Lipinski definition) is 3. The molecule has 1 aliphatic rings. The van der Waals surface area contributed by atoms with E-state index in [1.54, 1.807) is 7.11 Å². The summed E-state index contributed by atoms with van der Waals surface area (Å²) in [7, 11) is 1.80. The standard InChI is InChI=1S/C15H24N2O/c1-12-6-3-4-8-14(12)15(16)11-17-9-5-7-13(10-17)18-2/h3-4,6,8,13,15H,5,7,9-11,16H2,1-2H3. The number of piperidine rings is 1. The summed E-state index contributed by atoms with van der Waals surface area (Å²) in [5, 5.41) is 0. The first kappa shape index (κ1) is 13.5. The van der Waals surface area contributed by atoms with Crippen LogP contribution in [0.25, 0.3) is 0 Å². The monoisotopic (exact) mass is 248 g/mol. The Morgan fingerprint density at radius 2 is 2.22 bits per heavy atom. The zero-order valence-electron chi connectivity index (χ0n) is 11.4. The largest absolute Gasteiger partial charge is 0.380 e. The Balaban J connectivity index is 1.95. The number of methoxy groups -OCH3 is 1. The van der Waals surface area contributed by atoms with Crippen LogP contribution in [0.1, 0.15) is 30.0 Å². The van der Waals surface area contributed by atoms with E-state index in [0.717, 1.165) is 19.6 Å². The molecule has 2 unspecified atom stereocenters. The normalized spacial score (nSPS) is 22.9. The van der Waals surface area contributed by atoms with Crippen molar-refractivity contribution < 1.29 is 4.74 Å². The fourth-order valence-electron chi connectivity index (χ4n) is 2.75. The van der Waals surface area contributed by atoms with Crippen molar-refractivity contribution in [3.05, 3.63) is 35.4 Å². The van der Waals surface area contributed by atoms with Crippen LogP contribution in [0.3, 0.4) is 0 Å². The van der Waals surface area contributed by atoms with Gasteiger partial charge >= 0.3 is 0 Å². The number of nitrogens with zero attached hydrogens (tertiary/aromatic N) is 1. The average Bonchev–Trinajstić information content (AvgIpc) is 2.39. The molecule has 1 heterocycles. The van der Waals surface area contributed by atoms with Crippen LogP contribution >= 0.6 is 0 Å². The first-order chi connectivity index (χ1) is 8.70. The summed E-state index contributed by atoms with van der Waals surface area (Å²) in [5.74, 6) is 0. The van der Waals surface area contributed by atoms with E-state index in [2.05, 4.69) is 36.1 Å². The predicted molar refractivity (Wildman–Crippen MR) is 74.6 cm³/mol. The van der Waals surface area contributed by atoms with Crippen LogP contribution in [0.4, 0.5) is 0 Å². The second kappa shape index (κ2) is 6.32. The van der Waals surface area contributed by atoms with Gasteiger partial charge in [0.15, 0.2) is 0 Å². The summed E-state index contributed by atoms with van der Waals surface area (Å²) in [6.07, 6.45) is 2.76. The van der Waals surface area contributed by atoms with Gasteiger partial charge in [0.2, 0.25) is 0 Å². The third kappa shape index (κ3) is 3.31. The van der Waals surface area contributed by atoms with Crippen molar-refractivity contribution in [1.29, 1.82) is 0 Å². The molecule has 0 aromatic heterocycles. The molecule has 18 heavy (non-hydrogen) atoms. The molecule has 100 valence electrons. The summed E-state index contributed by atoms with van der Waals surface area (Å²) >= 11 is 0. The van der Waals surface area contributed by atoms with Gasteiger partial charge in [-0.25, -0.2) is 0 Å². The quantitative estimate of drug-likeness (QED) is 0.887. The molecular weight excluding hydrogens is 224 g/mol. The topological polar surface area (TPSA) is 38.5 Å². The molecule has 0 aliphatic carbocycles. The molecule has 0 saturated carbocycles. The van der Waals surface area contributed by atoms with Gasteiger partial charge in [0.25, 0.3) is 0 Å². The van der Waals surface area contributed by atoms with Crippen LogP contribution in [0.15, 0.2) is 24.3 Å². The van der Waals surface area contributed by atoms with Crippen LogP contribution in [0, 0.1) is 6.92 Å². The highest BCUT2D eigenvalue weighted by atomic mass is 16.5. The Kier molecular flexibility index (Phi) is 4.75. The summed E-state index contributed by atoms with van der Waals surface area (Å²) in [6.45, 7) is 5.20. The lowest BCUT2D eigenvalue weighted by Crippen LogP contribution is -2.42. The molecule has 3 heteroatoms. The van der Waals surface area contributed by atoms with Gasteiger partial charge in [0.05, 0.1) is 6.10 Å². The minimum Gasteiger partial charge on any atom is -0.380 e. The van der Waals surface area contributed by atoms with Crippen molar-refractivity contribution >= 4 is 0 Å². The van der Waals surface area contributed by atoms with E-state index in [1.807, 2.05) is 0 Å². The molecule has 2 atom stereocenters. The zero-order chi connectivity index (χ0) is 13.0. The molecule has 1 saturated heterocycles. The Morgan fingerprint density at radius 1 is 1.44 bits per heavy atom. The molecule has 0 bridgehead atoms. The summed E-state index contributed by atoms with van der Waals surface area (Å²) in [4.78, 5) is 2.43. The van der Waals surface area contributed by atoms with E-state index >= 15 is 0 Å². The second-order valence-corrected chi connectivity index (χ2v) is 5.22. The Morgan fingerprint density at radius 3 is 2.94 bits per heavy atom. The number of benzene rings is 1. The molecule has 0 spiro atoms. The van der Waals surface area contributed by atoms with E-state index in [-0.39, 0.29) is 6.04 Å². The minimum absolute atomic E-state index is 0.0989. The molecule has 1 aromatic rings. The van der Waals surface area contributed by atoms with Gasteiger partial charge in [-0.2, -0.15) is 0 Å². The average molecular weight is 248 g/mol. The highest BCUT2D eigenvalue weighted by molar-refractivity contribution is 5.28. The Hall–Kier alpha value is -0.900. The molecule has 0 radical (unpaired) electrons. The van der Waals surface area contributed by atoms with E-state index in [0.29, 0.717) is 6.10 Å². The third-order valence-corrected chi connectivity index (χ3v) is 3.84. The van der Waals surface area contributed by atoms with Crippen LogP contribution in [0.2, 0.25) is 0 Å². The maximum Gasteiger partial charge on any atom is 0.0698 e. The Labute approximate surface area is 110 Å². The molecule has 1 aromatic carbocycles. The lowest BCUT2D eigenvalue weighted by molar-refractivity contribution is 0.0294. The maximum atomic E-state index is 6.33. The highest BCUT2D eigenvalue weighted by Gasteiger charge is 2.21. The summed E-state index contributed by atoms with van der Waals surface area (Å²) in [6, 6.07) is 8.49. The van der Waals surface area contributed by atoms with E-state index < -0.39 is 0 Å². The SMILES string of the molecule is COC1CCCN(CC(N)c2ccccc2C)C1. The molecule has 0 amide bonds. The molecular formula is C15H24N2O. The number of aryl methyl sites for hydroxylation is 1. The fourth-order valence-corrected chi connectivity index (χ4v) is 2.75. The van der Waals surface area contributed by atoms with Gasteiger partial charge in [0.1, 0.15) is 0 Å². The van der Waals surface area contributed by atoms with E-state index in [4.69, 9.17) is 10.5 Å². The van der Waals surface area contributed by atoms with Gasteiger partial charge in [-0.1, -0.05) is 24.3 Å². The van der Waals surface area contributed by atoms with Crippen molar-refractivity contribution in [1.82, 2.24) is 4.90 Å². The van der Waals surface area contributed by atoms with Gasteiger partial charge in [-0.3, -0.25) is 4.90 Å². The smallest absolute Gasteiger partial charge is 0.0698 e. The number of likely N-dealkylation sites (tertiary alicyclic amines) is 1. The number of nitrogens with two attached hydrogens (primary N) is 1. The lowest BCUT2D eigenvalue weighted by Gasteiger charge is -2.33. The summed E-state index contributed by atoms with van der Waals surface area (Å²) < 4.78 is 5.45. The number of hydrogen-bond donors (Lipinski definition) is 1. The van der Waals surface area contributed by atoms with Crippen molar-refractivity contribution in [2.45, 2.75) is 31.9 Å². The van der Waals surface area contributed by atoms with Crippen molar-refractivity contribution in [2.75, 3.05) is 26.7 Å². The van der Waals surface area contributed by atoms with Crippen LogP contribution in [-0.4, -0.2) is 37.7 Å². The predicted octanol–water partition coefficient (Wildman–Crippen LogP) is 2.11. The van der Waals surface area contributed by atoms with Crippen molar-refractivity contribution in [2.24, 2.45) is 5.73 Å². The Bertz CT molecular complexity index is 381. The molecule has 2 rings (SSSR count). The summed E-state index contributed by atoms with van der Waals surface area (Å²) in [5.41, 5.74) is 8.87. The highest BCUT2D eigenvalue weighted by Crippen LogP contribution is 2.19. The molecule has 1 aliphatic heterocycles. The second-order valence-electron chi connectivity index (χ2n) is 5.22. The first-order valence-corrected chi connectivity index (χ1v) is 6.77. The van der Waals surface area contributed by atoms with Gasteiger partial charge in [0, 0.05) is 26.2 Å². The van der Waals surface area contributed by atoms with E-state index in [9.17, 15) is 0 Å². The molecule has 2 N–H and O–H groups in total. The van der Waals surface area contributed by atoms with E-state index in [1.165, 1.54) is 24.0 Å². The molecule has 3 nitrogen and oxygen atoms in total. The third-order valence-electron chi connectivity index (χ3n) is 3.84. The van der Waals surface area contributed by atoms with Gasteiger partial charge in [-0.05, 0) is 37.4 Å². The van der Waals surface area contributed by atoms with Crippen LogP contribution in [-0.2, 0) is 4.74 Å². The van der Waals surface area contributed by atoms with Gasteiger partial charge < -0.3 is 10.5 Å². The number of ether oxygens (including phenoxy) is 1. The van der Waals surface area contributed by atoms with Crippen molar-refractivity contribution in [3.63, 3.8) is 0 Å². The molecule has 1 fully saturated rings. The minimum atomic E-state index is 0.0989. The fraction of sp³-hybridized carbons (Fsp3) is 0.600. The van der Waals surface area contributed by atoms with Crippen LogP contribution < -0.4 is 5.73 Å².